The first-order valence-electron chi connectivity index (χ1n) is 6.55. The van der Waals surface area contributed by atoms with E-state index in [0.717, 1.165) is 17.8 Å². The topological polar surface area (TPSA) is 89.0 Å². The van der Waals surface area contributed by atoms with Crippen molar-refractivity contribution in [3.8, 4) is 0 Å². The van der Waals surface area contributed by atoms with Gasteiger partial charge in [-0.1, -0.05) is 22.9 Å². The lowest BCUT2D eigenvalue weighted by atomic mass is 10.4. The molecule has 1 fully saturated rings. The Balaban J connectivity index is 1.65. The van der Waals surface area contributed by atoms with Crippen LogP contribution in [0, 0.1) is 0 Å². The van der Waals surface area contributed by atoms with E-state index in [2.05, 4.69) is 15.5 Å². The summed E-state index contributed by atoms with van der Waals surface area (Å²) in [6, 6.07) is 5.69. The van der Waals surface area contributed by atoms with Crippen molar-refractivity contribution in [2.45, 2.75) is 23.7 Å². The average molecular weight is 358 g/mol. The third kappa shape index (κ3) is 3.63. The zero-order valence-corrected chi connectivity index (χ0v) is 13.7. The van der Waals surface area contributed by atoms with Crippen molar-refractivity contribution < 1.29 is 13.2 Å². The number of rotatable bonds is 5. The van der Waals surface area contributed by atoms with Crippen LogP contribution in [-0.2, 0) is 14.6 Å². The smallest absolute Gasteiger partial charge is 0.241 e. The van der Waals surface area contributed by atoms with Gasteiger partial charge >= 0.3 is 0 Å². The molecule has 6 nitrogen and oxygen atoms in total. The predicted molar refractivity (Wildman–Crippen MR) is 84.0 cm³/mol. The molecule has 1 saturated carbocycles. The number of anilines is 1. The molecule has 1 aromatic carbocycles. The van der Waals surface area contributed by atoms with E-state index in [-0.39, 0.29) is 4.90 Å². The highest BCUT2D eigenvalue weighted by Gasteiger charge is 2.28. The van der Waals surface area contributed by atoms with E-state index in [0.29, 0.717) is 16.1 Å². The summed E-state index contributed by atoms with van der Waals surface area (Å²) in [7, 11) is -3.71. The highest BCUT2D eigenvalue weighted by molar-refractivity contribution is 7.92. The van der Waals surface area contributed by atoms with Crippen molar-refractivity contribution in [3.63, 3.8) is 0 Å². The highest BCUT2D eigenvalue weighted by atomic mass is 35.5. The molecule has 0 aliphatic heterocycles. The minimum atomic E-state index is -3.71. The molecule has 116 valence electrons. The first-order chi connectivity index (χ1) is 10.4. The molecule has 1 aliphatic carbocycles. The quantitative estimate of drug-likeness (QED) is 0.887. The van der Waals surface area contributed by atoms with E-state index in [4.69, 9.17) is 11.6 Å². The number of nitrogens with zero attached hydrogens (tertiary/aromatic N) is 2. The lowest BCUT2D eigenvalue weighted by Crippen LogP contribution is -2.22. The van der Waals surface area contributed by atoms with E-state index in [1.165, 1.54) is 35.6 Å². The molecule has 2 aromatic rings. The molecule has 22 heavy (non-hydrogen) atoms. The summed E-state index contributed by atoms with van der Waals surface area (Å²) >= 11 is 7.01. The molecule has 0 bridgehead atoms. The minimum absolute atomic E-state index is 0.0583. The number of carbonyl (C=O) groups is 1. The number of sulfone groups is 1. The van der Waals surface area contributed by atoms with Crippen LogP contribution in [0.25, 0.3) is 0 Å². The SMILES string of the molecule is O=C(CS(=O)(=O)c1ccc(Cl)cc1)Nc1nnc(C2CC2)s1. The summed E-state index contributed by atoms with van der Waals surface area (Å²) in [4.78, 5) is 11.9. The van der Waals surface area contributed by atoms with Crippen LogP contribution in [0.5, 0.6) is 0 Å². The van der Waals surface area contributed by atoms with Crippen molar-refractivity contribution in [1.29, 1.82) is 0 Å². The molecule has 1 N–H and O–H groups in total. The lowest BCUT2D eigenvalue weighted by molar-refractivity contribution is -0.113. The lowest BCUT2D eigenvalue weighted by Gasteiger charge is -2.04. The van der Waals surface area contributed by atoms with E-state index in [9.17, 15) is 13.2 Å². The van der Waals surface area contributed by atoms with Crippen molar-refractivity contribution in [3.05, 3.63) is 34.3 Å². The standard InChI is InChI=1S/C13H12ClN3O3S2/c14-9-3-5-10(6-4-9)22(19,20)7-11(18)15-13-17-16-12(21-13)8-1-2-8/h3-6,8H,1-2,7H2,(H,15,17,18). The van der Waals surface area contributed by atoms with E-state index < -0.39 is 21.5 Å². The van der Waals surface area contributed by atoms with Crippen LogP contribution >= 0.6 is 22.9 Å². The first-order valence-corrected chi connectivity index (χ1v) is 9.40. The predicted octanol–water partition coefficient (Wildman–Crippen LogP) is 2.48. The Morgan fingerprint density at radius 1 is 1.27 bits per heavy atom. The van der Waals surface area contributed by atoms with Crippen molar-refractivity contribution >= 4 is 43.8 Å². The molecule has 0 spiro atoms. The van der Waals surface area contributed by atoms with Gasteiger partial charge in [0, 0.05) is 10.9 Å². The van der Waals surface area contributed by atoms with Gasteiger partial charge in [-0.05, 0) is 37.1 Å². The summed E-state index contributed by atoms with van der Waals surface area (Å²) in [6.45, 7) is 0. The average Bonchev–Trinajstić information content (AvgIpc) is 3.20. The second-order valence-corrected chi connectivity index (χ2v) is 8.42. The maximum Gasteiger partial charge on any atom is 0.241 e. The zero-order chi connectivity index (χ0) is 15.7. The zero-order valence-electron chi connectivity index (χ0n) is 11.3. The van der Waals surface area contributed by atoms with Crippen LogP contribution in [0.1, 0.15) is 23.8 Å². The maximum atomic E-state index is 12.1. The fraction of sp³-hybridized carbons (Fsp3) is 0.308. The molecule has 0 atom stereocenters. The Bertz CT molecular complexity index is 798. The summed E-state index contributed by atoms with van der Waals surface area (Å²) in [5, 5.41) is 12.0. The van der Waals surface area contributed by atoms with Gasteiger partial charge in [-0.25, -0.2) is 8.42 Å². The normalized spacial score (nSPS) is 14.8. The summed E-state index contributed by atoms with van der Waals surface area (Å²) < 4.78 is 24.3. The van der Waals surface area contributed by atoms with Crippen molar-refractivity contribution in [2.24, 2.45) is 0 Å². The van der Waals surface area contributed by atoms with Gasteiger partial charge in [-0.15, -0.1) is 10.2 Å². The van der Waals surface area contributed by atoms with E-state index in [1.807, 2.05) is 0 Å². The molecular formula is C13H12ClN3O3S2. The molecule has 0 radical (unpaired) electrons. The highest BCUT2D eigenvalue weighted by Crippen LogP contribution is 2.42. The van der Waals surface area contributed by atoms with Crippen LogP contribution < -0.4 is 5.32 Å². The number of aromatic nitrogens is 2. The number of carbonyl (C=O) groups excluding carboxylic acids is 1. The first kappa shape index (κ1) is 15.4. The maximum absolute atomic E-state index is 12.1. The monoisotopic (exact) mass is 357 g/mol. The van der Waals surface area contributed by atoms with Gasteiger partial charge in [0.1, 0.15) is 10.8 Å². The van der Waals surface area contributed by atoms with Crippen LogP contribution in [0.2, 0.25) is 5.02 Å². The van der Waals surface area contributed by atoms with Gasteiger partial charge in [0.15, 0.2) is 9.84 Å². The Kier molecular flexibility index (Phi) is 4.16. The fourth-order valence-corrected chi connectivity index (χ4v) is 4.02. The van der Waals surface area contributed by atoms with E-state index >= 15 is 0 Å². The Labute approximate surface area is 136 Å². The second kappa shape index (κ2) is 5.94. The molecule has 1 heterocycles. The summed E-state index contributed by atoms with van der Waals surface area (Å²) in [6.07, 6.45) is 2.18. The third-order valence-corrected chi connectivity index (χ3v) is 5.99. The van der Waals surface area contributed by atoms with Crippen LogP contribution in [0.3, 0.4) is 0 Å². The number of hydrogen-bond acceptors (Lipinski definition) is 6. The van der Waals surface area contributed by atoms with Gasteiger partial charge in [0.2, 0.25) is 11.0 Å². The van der Waals surface area contributed by atoms with Crippen molar-refractivity contribution in [1.82, 2.24) is 10.2 Å². The van der Waals surface area contributed by atoms with Crippen LogP contribution in [-0.4, -0.2) is 30.3 Å². The minimum Gasteiger partial charge on any atom is -0.300 e. The molecule has 1 amide bonds. The number of hydrogen-bond donors (Lipinski definition) is 1. The molecule has 0 saturated heterocycles. The largest absolute Gasteiger partial charge is 0.300 e. The molecule has 0 unspecified atom stereocenters. The second-order valence-electron chi connectivity index (χ2n) is 4.98. The molecular weight excluding hydrogens is 346 g/mol. The molecule has 9 heteroatoms. The third-order valence-electron chi connectivity index (χ3n) is 3.11. The van der Waals surface area contributed by atoms with Crippen LogP contribution in [0.15, 0.2) is 29.2 Å². The molecule has 1 aliphatic rings. The Morgan fingerprint density at radius 2 is 1.95 bits per heavy atom. The van der Waals surface area contributed by atoms with Gasteiger partial charge < -0.3 is 0 Å². The number of nitrogens with one attached hydrogen (secondary N) is 1. The fourth-order valence-electron chi connectivity index (χ4n) is 1.83. The van der Waals surface area contributed by atoms with Gasteiger partial charge in [0.25, 0.3) is 0 Å². The van der Waals surface area contributed by atoms with Crippen LogP contribution in [0.4, 0.5) is 5.13 Å². The molecule has 1 aromatic heterocycles. The Hall–Kier alpha value is -1.51. The summed E-state index contributed by atoms with van der Waals surface area (Å²) in [5.74, 6) is -0.832. The number of benzene rings is 1. The summed E-state index contributed by atoms with van der Waals surface area (Å²) in [5.41, 5.74) is 0. The number of halogens is 1. The van der Waals surface area contributed by atoms with Gasteiger partial charge in [-0.2, -0.15) is 0 Å². The van der Waals surface area contributed by atoms with E-state index in [1.54, 1.807) is 0 Å². The van der Waals surface area contributed by atoms with Gasteiger partial charge in [-0.3, -0.25) is 10.1 Å². The van der Waals surface area contributed by atoms with Gasteiger partial charge in [0.05, 0.1) is 4.90 Å². The molecule has 3 rings (SSSR count). The Morgan fingerprint density at radius 3 is 2.59 bits per heavy atom. The van der Waals surface area contributed by atoms with Crippen molar-refractivity contribution in [2.75, 3.05) is 11.1 Å². The number of amides is 1.